The van der Waals surface area contributed by atoms with E-state index in [1.807, 2.05) is 6.07 Å². The number of methoxy groups -OCH3 is 1. The Morgan fingerprint density at radius 2 is 1.95 bits per heavy atom. The number of fused-ring (bicyclic) bond motifs is 1. The number of ether oxygens (including phenoxy) is 1. The number of amides is 1. The number of carbonyl (C=O) groups is 2. The van der Waals surface area contributed by atoms with Crippen molar-refractivity contribution in [2.24, 2.45) is 0 Å². The Labute approximate surface area is 227 Å². The highest BCUT2D eigenvalue weighted by molar-refractivity contribution is 5.86. The highest BCUT2D eigenvalue weighted by atomic mass is 19.3. The van der Waals surface area contributed by atoms with E-state index in [0.29, 0.717) is 24.9 Å². The van der Waals surface area contributed by atoms with Gasteiger partial charge < -0.3 is 25.6 Å². The van der Waals surface area contributed by atoms with E-state index < -0.39 is 43.1 Å². The number of halogens is 2. The average molecular weight is 549 g/mol. The fourth-order valence-corrected chi connectivity index (χ4v) is 4.61. The Kier molecular flexibility index (Phi) is 11.6. The minimum Gasteiger partial charge on any atom is -0.480 e. The van der Waals surface area contributed by atoms with E-state index in [2.05, 4.69) is 26.4 Å². The van der Waals surface area contributed by atoms with Crippen LogP contribution in [0.5, 0.6) is 0 Å². The maximum absolute atomic E-state index is 14.4. The molecular weight excluding hydrogens is 510 g/mol. The molecule has 11 heteroatoms. The summed E-state index contributed by atoms with van der Waals surface area (Å²) in [4.78, 5) is 30.5. The molecule has 2 heterocycles. The molecule has 39 heavy (non-hydrogen) atoms. The Morgan fingerprint density at radius 1 is 1.18 bits per heavy atom. The first kappa shape index (κ1) is 30.4. The molecule has 0 bridgehead atoms. The van der Waals surface area contributed by atoms with E-state index in [0.717, 1.165) is 37.3 Å². The van der Waals surface area contributed by atoms with Crippen molar-refractivity contribution in [1.29, 1.82) is 0 Å². The van der Waals surface area contributed by atoms with Gasteiger partial charge in [0, 0.05) is 25.9 Å². The zero-order chi connectivity index (χ0) is 28.3. The Balaban J connectivity index is 1.55. The largest absolute Gasteiger partial charge is 0.480 e. The SMILES string of the molecule is COCC(F)(F)CN(CCCCc1ccc2c(n1)NCCC2)CCC(NC(=O)C(O)c1ccccc1)C(=O)O. The summed E-state index contributed by atoms with van der Waals surface area (Å²) < 4.78 is 33.4. The molecule has 2 aromatic rings. The van der Waals surface area contributed by atoms with Gasteiger partial charge in [-0.05, 0) is 62.3 Å². The van der Waals surface area contributed by atoms with E-state index in [-0.39, 0.29) is 13.0 Å². The lowest BCUT2D eigenvalue weighted by atomic mass is 10.1. The predicted octanol–water partition coefficient (Wildman–Crippen LogP) is 3.04. The standard InChI is InChI=1S/C28H38F2N4O5/c1-39-19-28(29,30)18-34(16-6-5-11-22-13-12-21-10-7-15-31-25(21)32-22)17-14-23(27(37)38)33-26(36)24(35)20-8-3-2-4-9-20/h2-4,8-9,12-13,23-24,35H,5-7,10-11,14-19H2,1H3,(H,31,32)(H,33,36)(H,37,38). The van der Waals surface area contributed by atoms with E-state index in [9.17, 15) is 28.6 Å². The summed E-state index contributed by atoms with van der Waals surface area (Å²) in [6.07, 6.45) is 2.46. The van der Waals surface area contributed by atoms with Gasteiger partial charge in [-0.2, -0.15) is 0 Å². The second kappa shape index (κ2) is 14.9. The third-order valence-corrected chi connectivity index (χ3v) is 6.63. The van der Waals surface area contributed by atoms with Crippen LogP contribution in [-0.4, -0.2) is 83.8 Å². The lowest BCUT2D eigenvalue weighted by Gasteiger charge is -2.28. The average Bonchev–Trinajstić information content (AvgIpc) is 2.92. The van der Waals surface area contributed by atoms with Gasteiger partial charge in [-0.1, -0.05) is 36.4 Å². The number of aliphatic hydroxyl groups excluding tert-OH is 1. The molecule has 0 saturated heterocycles. The van der Waals surface area contributed by atoms with Crippen molar-refractivity contribution in [1.82, 2.24) is 15.2 Å². The summed E-state index contributed by atoms with van der Waals surface area (Å²) in [7, 11) is 1.20. The maximum atomic E-state index is 14.4. The lowest BCUT2D eigenvalue weighted by molar-refractivity contribution is -0.144. The van der Waals surface area contributed by atoms with Crippen LogP contribution in [0, 0.1) is 0 Å². The van der Waals surface area contributed by atoms with Gasteiger partial charge in [-0.25, -0.2) is 18.6 Å². The number of benzene rings is 1. The van der Waals surface area contributed by atoms with E-state index >= 15 is 0 Å². The van der Waals surface area contributed by atoms with E-state index in [1.165, 1.54) is 17.6 Å². The van der Waals surface area contributed by atoms with Crippen LogP contribution < -0.4 is 10.6 Å². The van der Waals surface area contributed by atoms with Crippen molar-refractivity contribution in [3.63, 3.8) is 0 Å². The number of carbonyl (C=O) groups excluding carboxylic acids is 1. The second-order valence-corrected chi connectivity index (χ2v) is 9.86. The van der Waals surface area contributed by atoms with Crippen LogP contribution in [0.1, 0.15) is 48.6 Å². The highest BCUT2D eigenvalue weighted by Gasteiger charge is 2.32. The first-order chi connectivity index (χ1) is 18.7. The number of alkyl halides is 2. The van der Waals surface area contributed by atoms with Crippen LogP contribution in [0.15, 0.2) is 42.5 Å². The second-order valence-electron chi connectivity index (χ2n) is 9.86. The fourth-order valence-electron chi connectivity index (χ4n) is 4.61. The molecule has 3 rings (SSSR count). The summed E-state index contributed by atoms with van der Waals surface area (Å²) in [5, 5.41) is 25.5. The minimum absolute atomic E-state index is 0.0129. The van der Waals surface area contributed by atoms with Crippen LogP contribution in [-0.2, 0) is 27.2 Å². The number of aryl methyl sites for hydroxylation is 2. The Morgan fingerprint density at radius 3 is 2.67 bits per heavy atom. The maximum Gasteiger partial charge on any atom is 0.326 e. The first-order valence-corrected chi connectivity index (χ1v) is 13.3. The molecule has 0 fully saturated rings. The number of nitrogens with one attached hydrogen (secondary N) is 2. The fraction of sp³-hybridized carbons (Fsp3) is 0.536. The third-order valence-electron chi connectivity index (χ3n) is 6.63. The van der Waals surface area contributed by atoms with Crippen LogP contribution >= 0.6 is 0 Å². The number of carboxylic acids is 1. The Hall–Kier alpha value is -3.15. The molecule has 1 aromatic heterocycles. The number of anilines is 1. The molecule has 4 N–H and O–H groups in total. The number of pyridine rings is 1. The molecule has 2 atom stereocenters. The molecule has 0 aliphatic carbocycles. The number of hydrogen-bond donors (Lipinski definition) is 4. The minimum atomic E-state index is -3.12. The van der Waals surface area contributed by atoms with Crippen molar-refractivity contribution in [3.8, 4) is 0 Å². The quantitative estimate of drug-likeness (QED) is 0.236. The number of carboxylic acid groups (broad SMARTS) is 1. The molecule has 0 radical (unpaired) electrons. The van der Waals surface area contributed by atoms with Crippen molar-refractivity contribution in [2.75, 3.05) is 45.2 Å². The summed E-state index contributed by atoms with van der Waals surface area (Å²) in [6.45, 7) is -0.127. The molecule has 2 unspecified atom stereocenters. The number of aliphatic hydroxyl groups is 1. The van der Waals surface area contributed by atoms with E-state index in [4.69, 9.17) is 0 Å². The third kappa shape index (κ3) is 9.83. The van der Waals surface area contributed by atoms with Gasteiger partial charge in [-0.15, -0.1) is 0 Å². The number of aromatic nitrogens is 1. The van der Waals surface area contributed by atoms with Gasteiger partial charge in [0.1, 0.15) is 18.5 Å². The molecule has 1 aromatic carbocycles. The molecule has 9 nitrogen and oxygen atoms in total. The van der Waals surface area contributed by atoms with Crippen LogP contribution in [0.4, 0.5) is 14.6 Å². The number of hydrogen-bond acceptors (Lipinski definition) is 7. The van der Waals surface area contributed by atoms with Crippen molar-refractivity contribution >= 4 is 17.7 Å². The molecule has 214 valence electrons. The van der Waals surface area contributed by atoms with Gasteiger partial charge in [-0.3, -0.25) is 9.69 Å². The molecule has 0 spiro atoms. The summed E-state index contributed by atoms with van der Waals surface area (Å²) >= 11 is 0. The topological polar surface area (TPSA) is 124 Å². The van der Waals surface area contributed by atoms with Crippen molar-refractivity contribution in [2.45, 2.75) is 56.6 Å². The van der Waals surface area contributed by atoms with Crippen LogP contribution in [0.2, 0.25) is 0 Å². The zero-order valence-electron chi connectivity index (χ0n) is 22.2. The molecule has 1 aliphatic heterocycles. The predicted molar refractivity (Wildman–Crippen MR) is 143 cm³/mol. The van der Waals surface area contributed by atoms with Gasteiger partial charge in [0.25, 0.3) is 11.8 Å². The first-order valence-electron chi connectivity index (χ1n) is 13.3. The number of rotatable bonds is 16. The normalized spacial score (nSPS) is 14.8. The lowest BCUT2D eigenvalue weighted by Crippen LogP contribution is -2.46. The summed E-state index contributed by atoms with van der Waals surface area (Å²) in [6, 6.07) is 10.9. The molecule has 0 saturated carbocycles. The van der Waals surface area contributed by atoms with Crippen LogP contribution in [0.3, 0.4) is 0 Å². The number of aliphatic carboxylic acids is 1. The molecule has 1 aliphatic rings. The van der Waals surface area contributed by atoms with Gasteiger partial charge in [0.15, 0.2) is 6.10 Å². The zero-order valence-corrected chi connectivity index (χ0v) is 22.2. The van der Waals surface area contributed by atoms with Gasteiger partial charge in [0.2, 0.25) is 0 Å². The van der Waals surface area contributed by atoms with E-state index in [1.54, 1.807) is 30.3 Å². The summed E-state index contributed by atoms with van der Waals surface area (Å²) in [5.74, 6) is -4.37. The monoisotopic (exact) mass is 548 g/mol. The Bertz CT molecular complexity index is 1070. The molecule has 1 amide bonds. The highest BCUT2D eigenvalue weighted by Crippen LogP contribution is 2.21. The van der Waals surface area contributed by atoms with Gasteiger partial charge in [0.05, 0.1) is 6.54 Å². The van der Waals surface area contributed by atoms with Gasteiger partial charge >= 0.3 is 5.97 Å². The van der Waals surface area contributed by atoms with Crippen molar-refractivity contribution in [3.05, 3.63) is 59.3 Å². The van der Waals surface area contributed by atoms with Crippen LogP contribution in [0.25, 0.3) is 0 Å². The number of nitrogens with zero attached hydrogens (tertiary/aromatic N) is 2. The molecular formula is C28H38F2N4O5. The van der Waals surface area contributed by atoms with Crippen molar-refractivity contribution < 1.29 is 33.3 Å². The number of unbranched alkanes of at least 4 members (excludes halogenated alkanes) is 1. The smallest absolute Gasteiger partial charge is 0.326 e. The summed E-state index contributed by atoms with van der Waals surface area (Å²) in [5.41, 5.74) is 2.46.